The van der Waals surface area contributed by atoms with Crippen LogP contribution in [0.25, 0.3) is 10.7 Å². The number of carbonyl (C=O) groups excluding carboxylic acids is 1. The number of aromatic nitrogens is 6. The van der Waals surface area contributed by atoms with Crippen molar-refractivity contribution in [3.8, 4) is 10.7 Å². The molecule has 0 aliphatic rings. The number of rotatable bonds is 6. The molecule has 3 heterocycles. The Morgan fingerprint density at radius 2 is 2.36 bits per heavy atom. The molecule has 114 valence electrons. The number of nitrogens with zero attached hydrogens (tertiary/aromatic N) is 5. The second-order valence-electron chi connectivity index (χ2n) is 4.73. The summed E-state index contributed by atoms with van der Waals surface area (Å²) in [7, 11) is 0. The number of anilines is 1. The van der Waals surface area contributed by atoms with Gasteiger partial charge in [0.25, 0.3) is 0 Å². The van der Waals surface area contributed by atoms with Gasteiger partial charge in [-0.15, -0.1) is 16.4 Å². The quantitative estimate of drug-likeness (QED) is 0.722. The fraction of sp³-hybridized carbons (Fsp3) is 0.308. The van der Waals surface area contributed by atoms with Crippen molar-refractivity contribution in [1.82, 2.24) is 29.9 Å². The second kappa shape index (κ2) is 6.48. The number of aromatic amines is 1. The zero-order valence-electron chi connectivity index (χ0n) is 12.0. The van der Waals surface area contributed by atoms with Gasteiger partial charge >= 0.3 is 0 Å². The van der Waals surface area contributed by atoms with Gasteiger partial charge in [0.05, 0.1) is 4.88 Å². The van der Waals surface area contributed by atoms with Crippen molar-refractivity contribution in [2.24, 2.45) is 0 Å². The van der Waals surface area contributed by atoms with E-state index in [-0.39, 0.29) is 5.91 Å². The van der Waals surface area contributed by atoms with Crippen LogP contribution in [-0.2, 0) is 11.3 Å². The van der Waals surface area contributed by atoms with Crippen molar-refractivity contribution in [3.63, 3.8) is 0 Å². The Morgan fingerprint density at radius 1 is 1.45 bits per heavy atom. The fourth-order valence-electron chi connectivity index (χ4n) is 1.93. The van der Waals surface area contributed by atoms with Crippen LogP contribution in [0.1, 0.15) is 17.7 Å². The summed E-state index contributed by atoms with van der Waals surface area (Å²) >= 11 is 1.62. The van der Waals surface area contributed by atoms with Crippen LogP contribution in [0.4, 0.5) is 5.95 Å². The van der Waals surface area contributed by atoms with Crippen molar-refractivity contribution < 1.29 is 4.79 Å². The predicted molar refractivity (Wildman–Crippen MR) is 82.3 cm³/mol. The lowest BCUT2D eigenvalue weighted by atomic mass is 10.3. The highest BCUT2D eigenvalue weighted by Crippen LogP contribution is 2.24. The minimum Gasteiger partial charge on any atom is -0.293 e. The van der Waals surface area contributed by atoms with E-state index in [0.717, 1.165) is 4.88 Å². The number of thiophene rings is 1. The number of hydrogen-bond acceptors (Lipinski definition) is 6. The molecule has 1 amide bonds. The monoisotopic (exact) mass is 317 g/mol. The average molecular weight is 317 g/mol. The van der Waals surface area contributed by atoms with Crippen LogP contribution in [-0.4, -0.2) is 35.9 Å². The molecule has 0 saturated heterocycles. The van der Waals surface area contributed by atoms with Gasteiger partial charge in [-0.3, -0.25) is 19.9 Å². The third-order valence-electron chi connectivity index (χ3n) is 2.97. The van der Waals surface area contributed by atoms with Crippen LogP contribution in [0.2, 0.25) is 0 Å². The van der Waals surface area contributed by atoms with Crippen molar-refractivity contribution in [3.05, 3.63) is 29.7 Å². The van der Waals surface area contributed by atoms with E-state index in [1.807, 2.05) is 19.1 Å². The molecule has 0 aromatic carbocycles. The summed E-state index contributed by atoms with van der Waals surface area (Å²) in [4.78, 5) is 22.2. The van der Waals surface area contributed by atoms with Gasteiger partial charge in [-0.2, -0.15) is 10.1 Å². The van der Waals surface area contributed by atoms with Gasteiger partial charge in [0.15, 0.2) is 5.82 Å². The molecule has 8 nitrogen and oxygen atoms in total. The third kappa shape index (κ3) is 3.55. The molecule has 2 N–H and O–H groups in total. The molecule has 0 unspecified atom stereocenters. The standard InChI is InChI=1S/C13H15N7OS/c1-9-4-5-10(22-9)12-17-13(19-18-12)16-11(21)3-2-6-20-8-14-7-15-20/h4-5,7-8H,2-3,6H2,1H3,(H2,16,17,18,19,21). The smallest absolute Gasteiger partial charge is 0.249 e. The summed E-state index contributed by atoms with van der Waals surface area (Å²) in [5, 5.41) is 13.5. The highest BCUT2D eigenvalue weighted by atomic mass is 32.1. The molecule has 3 aromatic rings. The molecule has 0 fully saturated rings. The summed E-state index contributed by atoms with van der Waals surface area (Å²) in [5.41, 5.74) is 0. The normalized spacial score (nSPS) is 10.8. The lowest BCUT2D eigenvalue weighted by Crippen LogP contribution is -2.13. The molecular formula is C13H15N7OS. The van der Waals surface area contributed by atoms with Crippen LogP contribution in [0.3, 0.4) is 0 Å². The van der Waals surface area contributed by atoms with Crippen LogP contribution in [0, 0.1) is 6.92 Å². The topological polar surface area (TPSA) is 101 Å². The minimum absolute atomic E-state index is 0.118. The molecule has 0 saturated carbocycles. The highest BCUT2D eigenvalue weighted by Gasteiger charge is 2.10. The maximum absolute atomic E-state index is 11.8. The second-order valence-corrected chi connectivity index (χ2v) is 6.02. The predicted octanol–water partition coefficient (Wildman–Crippen LogP) is 1.85. The zero-order chi connectivity index (χ0) is 15.4. The maximum Gasteiger partial charge on any atom is 0.249 e. The number of H-pyrrole nitrogens is 1. The van der Waals surface area contributed by atoms with E-state index in [2.05, 4.69) is 30.6 Å². The molecule has 0 radical (unpaired) electrons. The number of aryl methyl sites for hydroxylation is 2. The zero-order valence-corrected chi connectivity index (χ0v) is 12.8. The van der Waals surface area contributed by atoms with Gasteiger partial charge in [-0.1, -0.05) is 0 Å². The van der Waals surface area contributed by atoms with E-state index in [9.17, 15) is 4.79 Å². The highest BCUT2D eigenvalue weighted by molar-refractivity contribution is 7.15. The SMILES string of the molecule is Cc1ccc(-c2nc(NC(=O)CCCn3cncn3)n[nH]2)s1. The molecule has 3 rings (SSSR count). The van der Waals surface area contributed by atoms with Gasteiger partial charge < -0.3 is 0 Å². The largest absolute Gasteiger partial charge is 0.293 e. The van der Waals surface area contributed by atoms with E-state index >= 15 is 0 Å². The van der Waals surface area contributed by atoms with Gasteiger partial charge in [-0.25, -0.2) is 4.98 Å². The van der Waals surface area contributed by atoms with E-state index in [4.69, 9.17) is 0 Å². The Bertz CT molecular complexity index is 746. The van der Waals surface area contributed by atoms with Crippen LogP contribution in [0.5, 0.6) is 0 Å². The molecule has 3 aromatic heterocycles. The molecule has 0 bridgehead atoms. The first-order valence-corrected chi connectivity index (χ1v) is 7.64. The minimum atomic E-state index is -0.118. The molecule has 0 spiro atoms. The lowest BCUT2D eigenvalue weighted by molar-refractivity contribution is -0.116. The van der Waals surface area contributed by atoms with Gasteiger partial charge in [0.2, 0.25) is 11.9 Å². The number of nitrogens with one attached hydrogen (secondary N) is 2. The summed E-state index contributed by atoms with van der Waals surface area (Å²) < 4.78 is 1.69. The van der Waals surface area contributed by atoms with Crippen molar-refractivity contribution >= 4 is 23.2 Å². The first-order valence-electron chi connectivity index (χ1n) is 6.82. The summed E-state index contributed by atoms with van der Waals surface area (Å²) in [6.07, 6.45) is 4.16. The summed E-state index contributed by atoms with van der Waals surface area (Å²) in [5.74, 6) is 0.843. The molecule has 22 heavy (non-hydrogen) atoms. The van der Waals surface area contributed by atoms with E-state index < -0.39 is 0 Å². The van der Waals surface area contributed by atoms with Crippen LogP contribution < -0.4 is 5.32 Å². The van der Waals surface area contributed by atoms with E-state index in [1.165, 1.54) is 11.2 Å². The van der Waals surface area contributed by atoms with Gasteiger partial charge in [0.1, 0.15) is 12.7 Å². The molecular weight excluding hydrogens is 302 g/mol. The fourth-order valence-corrected chi connectivity index (χ4v) is 2.73. The Hall–Kier alpha value is -2.55. The molecule has 0 atom stereocenters. The van der Waals surface area contributed by atoms with Gasteiger partial charge in [-0.05, 0) is 25.5 Å². The van der Waals surface area contributed by atoms with Crippen molar-refractivity contribution in [1.29, 1.82) is 0 Å². The van der Waals surface area contributed by atoms with E-state index in [1.54, 1.807) is 22.3 Å². The number of hydrogen-bond donors (Lipinski definition) is 2. The average Bonchev–Trinajstić information content (AvgIpc) is 3.20. The Labute approximate surface area is 130 Å². The Kier molecular flexibility index (Phi) is 4.24. The lowest BCUT2D eigenvalue weighted by Gasteiger charge is -2.01. The van der Waals surface area contributed by atoms with Gasteiger partial charge in [0, 0.05) is 17.8 Å². The maximum atomic E-state index is 11.8. The third-order valence-corrected chi connectivity index (χ3v) is 3.98. The molecule has 9 heteroatoms. The molecule has 0 aliphatic carbocycles. The first kappa shape index (κ1) is 14.4. The Morgan fingerprint density at radius 3 is 3.09 bits per heavy atom. The first-order chi connectivity index (χ1) is 10.7. The van der Waals surface area contributed by atoms with Crippen molar-refractivity contribution in [2.75, 3.05) is 5.32 Å². The Balaban J connectivity index is 1.50. The number of carbonyl (C=O) groups is 1. The van der Waals surface area contributed by atoms with Crippen molar-refractivity contribution in [2.45, 2.75) is 26.3 Å². The number of amides is 1. The summed E-state index contributed by atoms with van der Waals surface area (Å²) in [6.45, 7) is 2.68. The van der Waals surface area contributed by atoms with Crippen LogP contribution >= 0.6 is 11.3 Å². The molecule has 0 aliphatic heterocycles. The summed E-state index contributed by atoms with van der Waals surface area (Å²) in [6, 6.07) is 4.00. The van der Waals surface area contributed by atoms with E-state index in [0.29, 0.717) is 31.2 Å². The van der Waals surface area contributed by atoms with Crippen LogP contribution in [0.15, 0.2) is 24.8 Å².